The van der Waals surface area contributed by atoms with Crippen LogP contribution in [0.3, 0.4) is 0 Å². The summed E-state index contributed by atoms with van der Waals surface area (Å²) >= 11 is 12.1. The second kappa shape index (κ2) is 11.4. The number of sulfonamides is 2. The van der Waals surface area contributed by atoms with Crippen LogP contribution in [0.5, 0.6) is 0 Å². The second-order valence-corrected chi connectivity index (χ2v) is 13.8. The normalized spacial score (nSPS) is 20.2. The summed E-state index contributed by atoms with van der Waals surface area (Å²) < 4.78 is 54.7. The zero-order chi connectivity index (χ0) is 25.9. The molecule has 8 nitrogen and oxygen atoms in total. The maximum absolute atomic E-state index is 13.1. The predicted molar refractivity (Wildman–Crippen MR) is 139 cm³/mol. The Morgan fingerprint density at radius 2 is 1.53 bits per heavy atom. The molecule has 0 radical (unpaired) electrons. The lowest BCUT2D eigenvalue weighted by Crippen LogP contribution is -2.45. The molecule has 2 aromatic carbocycles. The lowest BCUT2D eigenvalue weighted by molar-refractivity contribution is -0.126. The molecule has 0 saturated carbocycles. The third-order valence-corrected chi connectivity index (χ3v) is 11.1. The van der Waals surface area contributed by atoms with Gasteiger partial charge >= 0.3 is 0 Å². The first-order chi connectivity index (χ1) is 17.1. The van der Waals surface area contributed by atoms with Crippen LogP contribution in [0.2, 0.25) is 10.0 Å². The minimum absolute atomic E-state index is 0.0457. The molecule has 1 N–H and O–H groups in total. The minimum atomic E-state index is -3.90. The molecule has 0 aromatic heterocycles. The van der Waals surface area contributed by atoms with E-state index in [2.05, 4.69) is 5.32 Å². The van der Waals surface area contributed by atoms with Crippen molar-refractivity contribution in [1.29, 1.82) is 0 Å². The highest BCUT2D eigenvalue weighted by Gasteiger charge is 2.34. The van der Waals surface area contributed by atoms with Gasteiger partial charge < -0.3 is 5.32 Å². The van der Waals surface area contributed by atoms with E-state index in [9.17, 15) is 21.6 Å². The van der Waals surface area contributed by atoms with Gasteiger partial charge in [-0.2, -0.15) is 8.61 Å². The molecule has 1 amide bonds. The van der Waals surface area contributed by atoms with Crippen LogP contribution < -0.4 is 5.32 Å². The maximum Gasteiger partial charge on any atom is 0.244 e. The fraction of sp³-hybridized carbons (Fsp3) is 0.458. The number of benzene rings is 2. The Morgan fingerprint density at radius 3 is 2.22 bits per heavy atom. The Kier molecular flexibility index (Phi) is 8.63. The van der Waals surface area contributed by atoms with Gasteiger partial charge in [0.15, 0.2) is 0 Å². The Bertz CT molecular complexity index is 1310. The number of carbonyl (C=O) groups is 1. The first-order valence-electron chi connectivity index (χ1n) is 11.9. The van der Waals surface area contributed by atoms with Gasteiger partial charge in [-0.25, -0.2) is 16.8 Å². The third kappa shape index (κ3) is 6.06. The molecule has 2 aromatic rings. The van der Waals surface area contributed by atoms with Crippen molar-refractivity contribution in [1.82, 2.24) is 13.9 Å². The zero-order valence-electron chi connectivity index (χ0n) is 19.7. The summed E-state index contributed by atoms with van der Waals surface area (Å²) in [7, 11) is -7.41. The van der Waals surface area contributed by atoms with Gasteiger partial charge in [0.25, 0.3) is 0 Å². The minimum Gasteiger partial charge on any atom is -0.352 e. The lowest BCUT2D eigenvalue weighted by atomic mass is 9.99. The molecule has 2 fully saturated rings. The Labute approximate surface area is 222 Å². The van der Waals surface area contributed by atoms with Crippen LogP contribution in [0, 0.1) is 5.92 Å². The average Bonchev–Trinajstić information content (AvgIpc) is 2.89. The molecule has 36 heavy (non-hydrogen) atoms. The Morgan fingerprint density at radius 1 is 0.861 bits per heavy atom. The quantitative estimate of drug-likeness (QED) is 0.541. The third-order valence-electron chi connectivity index (χ3n) is 6.61. The van der Waals surface area contributed by atoms with Crippen molar-refractivity contribution < 1.29 is 21.6 Å². The molecule has 196 valence electrons. The number of nitrogens with zero attached hydrogens (tertiary/aromatic N) is 2. The number of carbonyl (C=O) groups excluding carboxylic acids is 1. The smallest absolute Gasteiger partial charge is 0.244 e. The molecule has 0 spiro atoms. The van der Waals surface area contributed by atoms with Crippen LogP contribution in [0.15, 0.2) is 52.3 Å². The molecule has 0 bridgehead atoms. The van der Waals surface area contributed by atoms with E-state index in [1.807, 2.05) is 0 Å². The van der Waals surface area contributed by atoms with Crippen LogP contribution in [-0.2, 0) is 31.4 Å². The molecule has 4 rings (SSSR count). The number of amides is 1. The molecular formula is C24H29Cl2N3O5S2. The van der Waals surface area contributed by atoms with Crippen LogP contribution in [0.4, 0.5) is 0 Å². The van der Waals surface area contributed by atoms with Crippen molar-refractivity contribution in [3.63, 3.8) is 0 Å². The summed E-state index contributed by atoms with van der Waals surface area (Å²) in [6, 6.07) is 10.8. The van der Waals surface area contributed by atoms with Crippen molar-refractivity contribution in [3.8, 4) is 0 Å². The fourth-order valence-corrected chi connectivity index (χ4v) is 8.33. The number of rotatable bonds is 7. The molecule has 2 aliphatic heterocycles. The van der Waals surface area contributed by atoms with E-state index in [0.29, 0.717) is 32.5 Å². The second-order valence-electron chi connectivity index (χ2n) is 9.10. The SMILES string of the molecule is O=C(NCc1ccc(S(=O)(=O)N2CCCCC2)cc1)C1CCCN(S(=O)(=O)c2cc(Cl)ccc2Cl)C1. The van der Waals surface area contributed by atoms with E-state index in [0.717, 1.165) is 24.8 Å². The summed E-state index contributed by atoms with van der Waals surface area (Å²) in [5.74, 6) is -0.762. The van der Waals surface area contributed by atoms with Crippen molar-refractivity contribution in [3.05, 3.63) is 58.1 Å². The average molecular weight is 575 g/mol. The van der Waals surface area contributed by atoms with E-state index in [1.165, 1.54) is 26.8 Å². The van der Waals surface area contributed by atoms with Crippen molar-refractivity contribution in [2.45, 2.75) is 48.4 Å². The van der Waals surface area contributed by atoms with Gasteiger partial charge in [-0.1, -0.05) is 41.8 Å². The highest BCUT2D eigenvalue weighted by Crippen LogP contribution is 2.30. The van der Waals surface area contributed by atoms with E-state index in [4.69, 9.17) is 23.2 Å². The summed E-state index contributed by atoms with van der Waals surface area (Å²) in [5.41, 5.74) is 0.756. The van der Waals surface area contributed by atoms with Gasteiger partial charge in [-0.05, 0) is 61.6 Å². The molecule has 2 aliphatic rings. The van der Waals surface area contributed by atoms with Crippen molar-refractivity contribution in [2.24, 2.45) is 5.92 Å². The first kappa shape index (κ1) is 27.3. The van der Waals surface area contributed by atoms with Gasteiger partial charge in [0, 0.05) is 37.7 Å². The zero-order valence-corrected chi connectivity index (χ0v) is 22.8. The van der Waals surface area contributed by atoms with E-state index >= 15 is 0 Å². The summed E-state index contributed by atoms with van der Waals surface area (Å²) in [6.45, 7) is 1.63. The largest absolute Gasteiger partial charge is 0.352 e. The number of piperidine rings is 2. The maximum atomic E-state index is 13.1. The van der Waals surface area contributed by atoms with E-state index in [1.54, 1.807) is 24.3 Å². The molecule has 1 atom stereocenters. The topological polar surface area (TPSA) is 104 Å². The molecule has 0 aliphatic carbocycles. The predicted octanol–water partition coefficient (Wildman–Crippen LogP) is 3.89. The van der Waals surface area contributed by atoms with Gasteiger partial charge in [-0.3, -0.25) is 4.79 Å². The molecule has 2 saturated heterocycles. The summed E-state index contributed by atoms with van der Waals surface area (Å²) in [6.07, 6.45) is 3.89. The van der Waals surface area contributed by atoms with Crippen LogP contribution >= 0.6 is 23.2 Å². The van der Waals surface area contributed by atoms with Crippen LogP contribution in [-0.4, -0.2) is 57.5 Å². The first-order valence-corrected chi connectivity index (χ1v) is 15.5. The molecular weight excluding hydrogens is 545 g/mol. The fourth-order valence-electron chi connectivity index (χ4n) is 4.56. The number of nitrogens with one attached hydrogen (secondary N) is 1. The van der Waals surface area contributed by atoms with Crippen LogP contribution in [0.25, 0.3) is 0 Å². The van der Waals surface area contributed by atoms with E-state index in [-0.39, 0.29) is 38.8 Å². The van der Waals surface area contributed by atoms with Crippen molar-refractivity contribution >= 4 is 49.2 Å². The summed E-state index contributed by atoms with van der Waals surface area (Å²) in [5, 5.41) is 3.20. The monoisotopic (exact) mass is 573 g/mol. The van der Waals surface area contributed by atoms with Gasteiger partial charge in [0.2, 0.25) is 26.0 Å². The van der Waals surface area contributed by atoms with Gasteiger partial charge in [0.1, 0.15) is 4.90 Å². The molecule has 12 heteroatoms. The summed E-state index contributed by atoms with van der Waals surface area (Å²) in [4.78, 5) is 13.0. The van der Waals surface area contributed by atoms with Gasteiger partial charge in [0.05, 0.1) is 15.8 Å². The Balaban J connectivity index is 1.37. The van der Waals surface area contributed by atoms with Crippen molar-refractivity contribution in [2.75, 3.05) is 26.2 Å². The van der Waals surface area contributed by atoms with E-state index < -0.39 is 26.0 Å². The van der Waals surface area contributed by atoms with Gasteiger partial charge in [-0.15, -0.1) is 0 Å². The number of hydrogen-bond donors (Lipinski definition) is 1. The highest BCUT2D eigenvalue weighted by molar-refractivity contribution is 7.89. The van der Waals surface area contributed by atoms with Crippen LogP contribution in [0.1, 0.15) is 37.7 Å². The number of halogens is 2. The number of hydrogen-bond acceptors (Lipinski definition) is 5. The molecule has 1 unspecified atom stereocenters. The standard InChI is InChI=1S/C24H29Cl2N3O5S2/c25-20-8-11-22(26)23(15-20)36(33,34)29-14-4-5-19(17-29)24(30)27-16-18-6-9-21(10-7-18)35(31,32)28-12-2-1-3-13-28/h6-11,15,19H,1-5,12-14,16-17H2,(H,27,30). The lowest BCUT2D eigenvalue weighted by Gasteiger charge is -2.31. The molecule has 2 heterocycles. The highest BCUT2D eigenvalue weighted by atomic mass is 35.5. The Hall–Kier alpha value is -1.69.